The SMILES string of the molecule is CCC(C)(CO)NCc1nc2ccccc2c(=O)[nH]1. The van der Waals surface area contributed by atoms with Gasteiger partial charge in [0.15, 0.2) is 0 Å². The zero-order valence-corrected chi connectivity index (χ0v) is 11.2. The van der Waals surface area contributed by atoms with Crippen molar-refractivity contribution < 1.29 is 5.11 Å². The molecule has 1 unspecified atom stereocenters. The van der Waals surface area contributed by atoms with Gasteiger partial charge in [0.1, 0.15) is 5.82 Å². The summed E-state index contributed by atoms with van der Waals surface area (Å²) in [7, 11) is 0. The summed E-state index contributed by atoms with van der Waals surface area (Å²) >= 11 is 0. The van der Waals surface area contributed by atoms with Crippen LogP contribution in [0.1, 0.15) is 26.1 Å². The van der Waals surface area contributed by atoms with Crippen molar-refractivity contribution in [1.82, 2.24) is 15.3 Å². The summed E-state index contributed by atoms with van der Waals surface area (Å²) in [5.41, 5.74) is 0.194. The highest BCUT2D eigenvalue weighted by atomic mass is 16.3. The van der Waals surface area contributed by atoms with Gasteiger partial charge >= 0.3 is 0 Å². The molecule has 0 saturated carbocycles. The molecule has 1 aromatic carbocycles. The minimum absolute atomic E-state index is 0.0430. The molecule has 0 bridgehead atoms. The molecule has 3 N–H and O–H groups in total. The Morgan fingerprint density at radius 2 is 2.16 bits per heavy atom. The first-order valence-corrected chi connectivity index (χ1v) is 6.42. The van der Waals surface area contributed by atoms with E-state index < -0.39 is 0 Å². The average Bonchev–Trinajstić information content (AvgIpc) is 2.45. The molecule has 1 heterocycles. The van der Waals surface area contributed by atoms with Gasteiger partial charge in [-0.25, -0.2) is 4.98 Å². The number of H-pyrrole nitrogens is 1. The van der Waals surface area contributed by atoms with Crippen molar-refractivity contribution >= 4 is 10.9 Å². The minimum Gasteiger partial charge on any atom is -0.394 e. The first-order valence-electron chi connectivity index (χ1n) is 6.42. The van der Waals surface area contributed by atoms with Crippen LogP contribution in [0.3, 0.4) is 0 Å². The van der Waals surface area contributed by atoms with Crippen LogP contribution in [0.15, 0.2) is 29.1 Å². The fraction of sp³-hybridized carbons (Fsp3) is 0.429. The van der Waals surface area contributed by atoms with E-state index in [4.69, 9.17) is 0 Å². The Morgan fingerprint density at radius 1 is 1.42 bits per heavy atom. The minimum atomic E-state index is -0.357. The average molecular weight is 261 g/mol. The normalized spacial score (nSPS) is 14.5. The van der Waals surface area contributed by atoms with Crippen LogP contribution >= 0.6 is 0 Å². The van der Waals surface area contributed by atoms with Gasteiger partial charge in [-0.2, -0.15) is 0 Å². The first-order chi connectivity index (χ1) is 9.08. The predicted molar refractivity (Wildman–Crippen MR) is 75.0 cm³/mol. The largest absolute Gasteiger partial charge is 0.394 e. The highest BCUT2D eigenvalue weighted by molar-refractivity contribution is 5.77. The van der Waals surface area contributed by atoms with E-state index in [2.05, 4.69) is 15.3 Å². The van der Waals surface area contributed by atoms with E-state index in [0.29, 0.717) is 23.3 Å². The molecule has 1 aromatic heterocycles. The number of aliphatic hydroxyl groups is 1. The van der Waals surface area contributed by atoms with Crippen LogP contribution in [-0.4, -0.2) is 27.2 Å². The van der Waals surface area contributed by atoms with Gasteiger partial charge in [0.05, 0.1) is 24.1 Å². The zero-order chi connectivity index (χ0) is 13.9. The standard InChI is InChI=1S/C14H19N3O2/c1-3-14(2,9-18)15-8-12-16-11-7-5-4-6-10(11)13(19)17-12/h4-7,15,18H,3,8-9H2,1-2H3,(H,16,17,19). The maximum Gasteiger partial charge on any atom is 0.258 e. The number of aromatic nitrogens is 2. The molecule has 0 fully saturated rings. The first kappa shape index (κ1) is 13.7. The molecule has 102 valence electrons. The quantitative estimate of drug-likeness (QED) is 0.755. The molecule has 0 aliphatic carbocycles. The molecule has 0 spiro atoms. The van der Waals surface area contributed by atoms with E-state index in [9.17, 15) is 9.90 Å². The van der Waals surface area contributed by atoms with Crippen LogP contribution in [0.5, 0.6) is 0 Å². The molecule has 0 saturated heterocycles. The summed E-state index contributed by atoms with van der Waals surface area (Å²) < 4.78 is 0. The third kappa shape index (κ3) is 3.00. The van der Waals surface area contributed by atoms with Gasteiger partial charge in [-0.05, 0) is 25.5 Å². The number of aliphatic hydroxyl groups excluding tert-OH is 1. The maximum absolute atomic E-state index is 11.9. The molecule has 5 heteroatoms. The van der Waals surface area contributed by atoms with Crippen LogP contribution < -0.4 is 10.9 Å². The zero-order valence-electron chi connectivity index (χ0n) is 11.2. The van der Waals surface area contributed by atoms with E-state index in [1.165, 1.54) is 0 Å². The lowest BCUT2D eigenvalue weighted by Gasteiger charge is -2.27. The van der Waals surface area contributed by atoms with Crippen LogP contribution in [0.25, 0.3) is 10.9 Å². The Hall–Kier alpha value is -1.72. The highest BCUT2D eigenvalue weighted by Gasteiger charge is 2.20. The second-order valence-corrected chi connectivity index (χ2v) is 4.96. The topological polar surface area (TPSA) is 78.0 Å². The van der Waals surface area contributed by atoms with Crippen molar-refractivity contribution in [3.63, 3.8) is 0 Å². The van der Waals surface area contributed by atoms with Crippen molar-refractivity contribution in [3.8, 4) is 0 Å². The predicted octanol–water partition coefficient (Wildman–Crippen LogP) is 1.17. The monoisotopic (exact) mass is 261 g/mol. The smallest absolute Gasteiger partial charge is 0.258 e. The fourth-order valence-corrected chi connectivity index (χ4v) is 1.81. The van der Waals surface area contributed by atoms with Gasteiger partial charge in [0.2, 0.25) is 0 Å². The van der Waals surface area contributed by atoms with Crippen molar-refractivity contribution in [2.45, 2.75) is 32.4 Å². The Bertz CT molecular complexity index is 617. The second kappa shape index (κ2) is 5.50. The lowest BCUT2D eigenvalue weighted by atomic mass is 10.0. The van der Waals surface area contributed by atoms with Gasteiger partial charge in [-0.15, -0.1) is 0 Å². The van der Waals surface area contributed by atoms with E-state index in [1.807, 2.05) is 32.0 Å². The van der Waals surface area contributed by atoms with E-state index >= 15 is 0 Å². The Balaban J connectivity index is 2.25. The molecule has 0 amide bonds. The number of benzene rings is 1. The molecular weight excluding hydrogens is 242 g/mol. The van der Waals surface area contributed by atoms with Gasteiger partial charge < -0.3 is 15.4 Å². The summed E-state index contributed by atoms with van der Waals surface area (Å²) in [6.07, 6.45) is 0.793. The maximum atomic E-state index is 11.9. The molecule has 2 aromatic rings. The molecule has 5 nitrogen and oxygen atoms in total. The van der Waals surface area contributed by atoms with E-state index in [-0.39, 0.29) is 17.7 Å². The number of rotatable bonds is 5. The van der Waals surface area contributed by atoms with Gasteiger partial charge in [0.25, 0.3) is 5.56 Å². The molecule has 0 aliphatic rings. The van der Waals surface area contributed by atoms with E-state index in [0.717, 1.165) is 6.42 Å². The molecule has 19 heavy (non-hydrogen) atoms. The Kier molecular flexibility index (Phi) is 3.97. The molecule has 0 radical (unpaired) electrons. The lowest BCUT2D eigenvalue weighted by molar-refractivity contribution is 0.168. The lowest BCUT2D eigenvalue weighted by Crippen LogP contribution is -2.45. The summed E-state index contributed by atoms with van der Waals surface area (Å²) in [6.45, 7) is 4.40. The van der Waals surface area contributed by atoms with Crippen molar-refractivity contribution in [3.05, 3.63) is 40.4 Å². The molecule has 2 rings (SSSR count). The van der Waals surface area contributed by atoms with Crippen LogP contribution in [0.4, 0.5) is 0 Å². The van der Waals surface area contributed by atoms with Gasteiger partial charge in [0, 0.05) is 5.54 Å². The number of nitrogens with zero attached hydrogens (tertiary/aromatic N) is 1. The van der Waals surface area contributed by atoms with Crippen LogP contribution in [0, 0.1) is 0 Å². The number of para-hydroxylation sites is 1. The molecular formula is C14H19N3O2. The third-order valence-corrected chi connectivity index (χ3v) is 3.47. The highest BCUT2D eigenvalue weighted by Crippen LogP contribution is 2.09. The second-order valence-electron chi connectivity index (χ2n) is 4.96. The third-order valence-electron chi connectivity index (χ3n) is 3.47. The number of fused-ring (bicyclic) bond motifs is 1. The van der Waals surface area contributed by atoms with Crippen molar-refractivity contribution in [2.75, 3.05) is 6.61 Å². The Labute approximate surface area is 111 Å². The fourth-order valence-electron chi connectivity index (χ4n) is 1.81. The van der Waals surface area contributed by atoms with Crippen LogP contribution in [0.2, 0.25) is 0 Å². The summed E-state index contributed by atoms with van der Waals surface area (Å²) in [5.74, 6) is 0.580. The molecule has 1 atom stereocenters. The molecule has 0 aliphatic heterocycles. The Morgan fingerprint density at radius 3 is 2.84 bits per heavy atom. The van der Waals surface area contributed by atoms with Crippen molar-refractivity contribution in [1.29, 1.82) is 0 Å². The van der Waals surface area contributed by atoms with Crippen LogP contribution in [-0.2, 0) is 6.54 Å². The number of hydrogen-bond acceptors (Lipinski definition) is 4. The summed E-state index contributed by atoms with van der Waals surface area (Å²) in [6, 6.07) is 7.24. The summed E-state index contributed by atoms with van der Waals surface area (Å²) in [4.78, 5) is 19.1. The summed E-state index contributed by atoms with van der Waals surface area (Å²) in [5, 5.41) is 13.1. The van der Waals surface area contributed by atoms with Gasteiger partial charge in [-0.3, -0.25) is 4.79 Å². The number of nitrogens with one attached hydrogen (secondary N) is 2. The van der Waals surface area contributed by atoms with E-state index in [1.54, 1.807) is 6.07 Å². The van der Waals surface area contributed by atoms with Gasteiger partial charge in [-0.1, -0.05) is 19.1 Å². The van der Waals surface area contributed by atoms with Crippen molar-refractivity contribution in [2.24, 2.45) is 0 Å². The number of aromatic amines is 1. The number of hydrogen-bond donors (Lipinski definition) is 3.